The van der Waals surface area contributed by atoms with Crippen LogP contribution in [-0.2, 0) is 4.79 Å². The molecule has 7 nitrogen and oxygen atoms in total. The summed E-state index contributed by atoms with van der Waals surface area (Å²) in [6.07, 6.45) is 2.16. The van der Waals surface area contributed by atoms with Crippen molar-refractivity contribution in [2.75, 3.05) is 32.8 Å². The van der Waals surface area contributed by atoms with Crippen molar-refractivity contribution in [3.8, 4) is 11.5 Å². The van der Waals surface area contributed by atoms with E-state index in [1.807, 2.05) is 29.2 Å². The third-order valence-corrected chi connectivity index (χ3v) is 4.12. The van der Waals surface area contributed by atoms with Gasteiger partial charge in [0.05, 0.1) is 6.54 Å². The fraction of sp³-hybridized carbons (Fsp3) is 0.529. The van der Waals surface area contributed by atoms with Gasteiger partial charge in [0.15, 0.2) is 17.6 Å². The molecule has 0 aliphatic carbocycles. The fourth-order valence-corrected chi connectivity index (χ4v) is 2.85. The highest BCUT2D eigenvalue weighted by molar-refractivity contribution is 5.78. The second-order valence-corrected chi connectivity index (χ2v) is 5.97. The van der Waals surface area contributed by atoms with Crippen molar-refractivity contribution >= 4 is 11.9 Å². The fourth-order valence-electron chi connectivity index (χ4n) is 2.85. The number of urea groups is 1. The van der Waals surface area contributed by atoms with Gasteiger partial charge in [-0.2, -0.15) is 0 Å². The smallest absolute Gasteiger partial charge is 0.314 e. The Morgan fingerprint density at radius 1 is 1.25 bits per heavy atom. The van der Waals surface area contributed by atoms with Crippen molar-refractivity contribution in [3.63, 3.8) is 0 Å². The quantitative estimate of drug-likeness (QED) is 0.765. The highest BCUT2D eigenvalue weighted by atomic mass is 16.6. The molecule has 24 heavy (non-hydrogen) atoms. The number of carbonyl (C=O) groups is 2. The van der Waals surface area contributed by atoms with E-state index in [1.165, 1.54) is 0 Å². The molecule has 2 aliphatic heterocycles. The lowest BCUT2D eigenvalue weighted by molar-refractivity contribution is -0.127. The van der Waals surface area contributed by atoms with Crippen LogP contribution in [0.1, 0.15) is 19.3 Å². The summed E-state index contributed by atoms with van der Waals surface area (Å²) in [6, 6.07) is 7.25. The standard InChI is InChI=1S/C17H23N3O4/c21-16-7-3-9-20(16)10-4-8-18-17(22)19-11-13-12-23-14-5-1-2-6-15(14)24-13/h1-2,5-6,13H,3-4,7-12H2,(H2,18,19,22)/t13-/m1/s1. The van der Waals surface area contributed by atoms with Gasteiger partial charge in [0, 0.05) is 26.1 Å². The maximum absolute atomic E-state index is 11.8. The second-order valence-electron chi connectivity index (χ2n) is 5.97. The van der Waals surface area contributed by atoms with Crippen LogP contribution >= 0.6 is 0 Å². The number of rotatable bonds is 6. The minimum Gasteiger partial charge on any atom is -0.486 e. The van der Waals surface area contributed by atoms with Crippen LogP contribution in [0.15, 0.2) is 24.3 Å². The zero-order chi connectivity index (χ0) is 16.8. The van der Waals surface area contributed by atoms with E-state index in [9.17, 15) is 9.59 Å². The number of nitrogens with one attached hydrogen (secondary N) is 2. The predicted molar refractivity (Wildman–Crippen MR) is 88.2 cm³/mol. The number of nitrogens with zero attached hydrogens (tertiary/aromatic N) is 1. The van der Waals surface area contributed by atoms with Crippen LogP contribution in [0.3, 0.4) is 0 Å². The predicted octanol–water partition coefficient (Wildman–Crippen LogP) is 1.14. The molecular weight excluding hydrogens is 310 g/mol. The molecule has 0 spiro atoms. The van der Waals surface area contributed by atoms with Crippen molar-refractivity contribution in [2.24, 2.45) is 0 Å². The summed E-state index contributed by atoms with van der Waals surface area (Å²) >= 11 is 0. The highest BCUT2D eigenvalue weighted by Gasteiger charge is 2.21. The largest absolute Gasteiger partial charge is 0.486 e. The molecule has 1 atom stereocenters. The topological polar surface area (TPSA) is 79.9 Å². The summed E-state index contributed by atoms with van der Waals surface area (Å²) in [5.41, 5.74) is 0. The average molecular weight is 333 g/mol. The molecule has 2 aliphatic rings. The van der Waals surface area contributed by atoms with Crippen molar-refractivity contribution in [3.05, 3.63) is 24.3 Å². The Kier molecular flexibility index (Phi) is 5.40. The van der Waals surface area contributed by atoms with Gasteiger partial charge in [-0.15, -0.1) is 0 Å². The van der Waals surface area contributed by atoms with E-state index >= 15 is 0 Å². The number of benzene rings is 1. The van der Waals surface area contributed by atoms with E-state index in [0.29, 0.717) is 38.4 Å². The van der Waals surface area contributed by atoms with Gasteiger partial charge in [0.25, 0.3) is 0 Å². The molecule has 0 aromatic heterocycles. The third-order valence-electron chi connectivity index (χ3n) is 4.12. The number of ether oxygens (including phenoxy) is 2. The molecule has 0 bridgehead atoms. The van der Waals surface area contributed by atoms with Gasteiger partial charge in [-0.3, -0.25) is 4.79 Å². The van der Waals surface area contributed by atoms with E-state index in [0.717, 1.165) is 25.1 Å². The molecule has 2 heterocycles. The molecule has 0 radical (unpaired) electrons. The van der Waals surface area contributed by atoms with Crippen molar-refractivity contribution in [1.29, 1.82) is 0 Å². The molecule has 1 fully saturated rings. The van der Waals surface area contributed by atoms with Crippen LogP contribution in [0.4, 0.5) is 4.79 Å². The Balaban J connectivity index is 1.29. The second kappa shape index (κ2) is 7.90. The number of fused-ring (bicyclic) bond motifs is 1. The maximum atomic E-state index is 11.8. The average Bonchev–Trinajstić information content (AvgIpc) is 3.02. The van der Waals surface area contributed by atoms with E-state index in [1.54, 1.807) is 0 Å². The molecule has 0 saturated carbocycles. The van der Waals surface area contributed by atoms with Crippen LogP contribution in [0.2, 0.25) is 0 Å². The first kappa shape index (κ1) is 16.4. The van der Waals surface area contributed by atoms with E-state index in [4.69, 9.17) is 9.47 Å². The van der Waals surface area contributed by atoms with Gasteiger partial charge in [0.1, 0.15) is 6.61 Å². The minimum absolute atomic E-state index is 0.201. The first-order valence-corrected chi connectivity index (χ1v) is 8.40. The SMILES string of the molecule is O=C(NCCCN1CCCC1=O)NC[C@@H]1COc2ccccc2O1. The molecule has 2 N–H and O–H groups in total. The van der Waals surface area contributed by atoms with Crippen molar-refractivity contribution in [2.45, 2.75) is 25.4 Å². The number of hydrogen-bond donors (Lipinski definition) is 2. The Labute approximate surface area is 141 Å². The summed E-state index contributed by atoms with van der Waals surface area (Å²) in [5, 5.41) is 5.58. The number of para-hydroxylation sites is 2. The first-order valence-electron chi connectivity index (χ1n) is 8.40. The van der Waals surface area contributed by atoms with Gasteiger partial charge in [-0.1, -0.05) is 12.1 Å². The monoisotopic (exact) mass is 333 g/mol. The normalized spacial score (nSPS) is 19.2. The first-order chi connectivity index (χ1) is 11.7. The molecule has 0 unspecified atom stereocenters. The van der Waals surface area contributed by atoms with E-state index < -0.39 is 0 Å². The van der Waals surface area contributed by atoms with Gasteiger partial charge < -0.3 is 25.0 Å². The van der Waals surface area contributed by atoms with Crippen molar-refractivity contribution in [1.82, 2.24) is 15.5 Å². The Hall–Kier alpha value is -2.44. The summed E-state index contributed by atoms with van der Waals surface area (Å²) < 4.78 is 11.4. The molecular formula is C17H23N3O4. The van der Waals surface area contributed by atoms with Gasteiger partial charge in [-0.25, -0.2) is 4.79 Å². The third kappa shape index (κ3) is 4.31. The van der Waals surface area contributed by atoms with Crippen LogP contribution in [0.25, 0.3) is 0 Å². The lowest BCUT2D eigenvalue weighted by Gasteiger charge is -2.26. The molecule has 130 valence electrons. The van der Waals surface area contributed by atoms with Gasteiger partial charge in [0.2, 0.25) is 5.91 Å². The number of carbonyl (C=O) groups excluding carboxylic acids is 2. The number of hydrogen-bond acceptors (Lipinski definition) is 4. The Bertz CT molecular complexity index is 593. The number of amides is 3. The molecule has 3 amide bonds. The van der Waals surface area contributed by atoms with Crippen LogP contribution in [0.5, 0.6) is 11.5 Å². The van der Waals surface area contributed by atoms with Crippen LogP contribution in [0, 0.1) is 0 Å². The summed E-state index contributed by atoms with van der Waals surface area (Å²) in [7, 11) is 0. The maximum Gasteiger partial charge on any atom is 0.314 e. The summed E-state index contributed by atoms with van der Waals surface area (Å²) in [6.45, 7) is 2.88. The minimum atomic E-state index is -0.231. The van der Waals surface area contributed by atoms with Gasteiger partial charge in [-0.05, 0) is 25.0 Å². The summed E-state index contributed by atoms with van der Waals surface area (Å²) in [4.78, 5) is 25.1. The Morgan fingerprint density at radius 3 is 2.88 bits per heavy atom. The Morgan fingerprint density at radius 2 is 2.08 bits per heavy atom. The molecule has 1 aromatic carbocycles. The van der Waals surface area contributed by atoms with E-state index in [2.05, 4.69) is 10.6 Å². The van der Waals surface area contributed by atoms with Crippen LogP contribution < -0.4 is 20.1 Å². The molecule has 1 saturated heterocycles. The van der Waals surface area contributed by atoms with Crippen LogP contribution in [-0.4, -0.2) is 55.7 Å². The highest BCUT2D eigenvalue weighted by Crippen LogP contribution is 2.30. The lowest BCUT2D eigenvalue weighted by Crippen LogP contribution is -2.45. The molecule has 7 heteroatoms. The number of likely N-dealkylation sites (tertiary alicyclic amines) is 1. The summed E-state index contributed by atoms with van der Waals surface area (Å²) in [5.74, 6) is 1.65. The van der Waals surface area contributed by atoms with Gasteiger partial charge >= 0.3 is 6.03 Å². The lowest BCUT2D eigenvalue weighted by atomic mass is 10.2. The molecule has 1 aromatic rings. The van der Waals surface area contributed by atoms with E-state index in [-0.39, 0.29) is 18.0 Å². The zero-order valence-electron chi connectivity index (χ0n) is 13.6. The zero-order valence-corrected chi connectivity index (χ0v) is 13.6. The van der Waals surface area contributed by atoms with Crippen molar-refractivity contribution < 1.29 is 19.1 Å². The molecule has 3 rings (SSSR count).